The first-order valence-corrected chi connectivity index (χ1v) is 6.10. The number of aliphatic hydroxyl groups is 2. The van der Waals surface area contributed by atoms with Gasteiger partial charge in [-0.2, -0.15) is 0 Å². The molecule has 0 aromatic heterocycles. The molecule has 1 saturated heterocycles. The van der Waals surface area contributed by atoms with Gasteiger partial charge in [0.2, 0.25) is 0 Å². The number of rotatable bonds is 3. The summed E-state index contributed by atoms with van der Waals surface area (Å²) in [6.45, 7) is 3.02. The minimum absolute atomic E-state index is 0.275. The predicted molar refractivity (Wildman–Crippen MR) is 66.0 cm³/mol. The molecule has 0 radical (unpaired) electrons. The van der Waals surface area contributed by atoms with Crippen molar-refractivity contribution in [2.75, 3.05) is 0 Å². The van der Waals surface area contributed by atoms with Crippen LogP contribution in [0.15, 0.2) is 24.3 Å². The molecule has 19 heavy (non-hydrogen) atoms. The van der Waals surface area contributed by atoms with Gasteiger partial charge in [0.25, 0.3) is 0 Å². The molecule has 1 aromatic rings. The Labute approximate surface area is 110 Å². The van der Waals surface area contributed by atoms with E-state index in [1.54, 1.807) is 38.1 Å². The number of aliphatic hydroxyl groups excluding tert-OH is 1. The van der Waals surface area contributed by atoms with E-state index in [1.165, 1.54) is 0 Å². The Morgan fingerprint density at radius 1 is 1.32 bits per heavy atom. The summed E-state index contributed by atoms with van der Waals surface area (Å²) in [5, 5.41) is 19.9. The average molecular weight is 264 g/mol. The summed E-state index contributed by atoms with van der Waals surface area (Å²) in [4.78, 5) is 23.7. The number of hydrogen-bond acceptors (Lipinski definition) is 5. The third kappa shape index (κ3) is 1.95. The molecule has 1 fully saturated rings. The van der Waals surface area contributed by atoms with Crippen molar-refractivity contribution in [3.63, 3.8) is 0 Å². The predicted octanol–water partition coefficient (Wildman–Crippen LogP) is 0.733. The van der Waals surface area contributed by atoms with Crippen LogP contribution in [0.1, 0.15) is 30.9 Å². The molecular weight excluding hydrogens is 248 g/mol. The Hall–Kier alpha value is -1.72. The molecule has 5 heteroatoms. The van der Waals surface area contributed by atoms with E-state index in [-0.39, 0.29) is 6.61 Å². The lowest BCUT2D eigenvalue weighted by Gasteiger charge is -2.28. The van der Waals surface area contributed by atoms with Crippen molar-refractivity contribution in [3.05, 3.63) is 35.4 Å². The molecule has 102 valence electrons. The maximum atomic E-state index is 11.9. The van der Waals surface area contributed by atoms with Gasteiger partial charge in [0.1, 0.15) is 5.92 Å². The van der Waals surface area contributed by atoms with E-state index in [0.29, 0.717) is 11.1 Å². The second kappa shape index (κ2) is 4.75. The van der Waals surface area contributed by atoms with Crippen LogP contribution in [0, 0.1) is 5.92 Å². The van der Waals surface area contributed by atoms with Crippen molar-refractivity contribution in [2.45, 2.75) is 32.0 Å². The molecule has 1 aliphatic heterocycles. The van der Waals surface area contributed by atoms with Crippen molar-refractivity contribution in [3.8, 4) is 0 Å². The number of cyclic esters (lactones) is 2. The van der Waals surface area contributed by atoms with Crippen molar-refractivity contribution < 1.29 is 24.5 Å². The third-order valence-corrected chi connectivity index (χ3v) is 3.61. The van der Waals surface area contributed by atoms with Gasteiger partial charge < -0.3 is 14.9 Å². The summed E-state index contributed by atoms with van der Waals surface area (Å²) in [7, 11) is 0. The molecule has 2 N–H and O–H groups in total. The molecule has 0 bridgehead atoms. The average Bonchev–Trinajstić information content (AvgIpc) is 2.61. The van der Waals surface area contributed by atoms with Crippen LogP contribution >= 0.6 is 0 Å². The van der Waals surface area contributed by atoms with Gasteiger partial charge in [-0.05, 0) is 17.0 Å². The highest BCUT2D eigenvalue weighted by Gasteiger charge is 2.59. The van der Waals surface area contributed by atoms with Crippen LogP contribution in [0.3, 0.4) is 0 Å². The lowest BCUT2D eigenvalue weighted by Crippen LogP contribution is -2.45. The van der Waals surface area contributed by atoms with Crippen molar-refractivity contribution in [1.82, 2.24) is 0 Å². The van der Waals surface area contributed by atoms with Crippen molar-refractivity contribution >= 4 is 11.9 Å². The largest absolute Gasteiger partial charge is 0.392 e. The number of ether oxygens (including phenoxy) is 1. The van der Waals surface area contributed by atoms with Crippen molar-refractivity contribution in [2.24, 2.45) is 5.92 Å². The molecule has 0 amide bonds. The molecule has 1 heterocycles. The van der Waals surface area contributed by atoms with Gasteiger partial charge in [-0.15, -0.1) is 0 Å². The zero-order valence-corrected chi connectivity index (χ0v) is 10.8. The van der Waals surface area contributed by atoms with Gasteiger partial charge in [0.05, 0.1) is 6.61 Å². The monoisotopic (exact) mass is 264 g/mol. The number of esters is 2. The van der Waals surface area contributed by atoms with Crippen LogP contribution in [0.25, 0.3) is 0 Å². The summed E-state index contributed by atoms with van der Waals surface area (Å²) in [6, 6.07) is 6.66. The second-order valence-electron chi connectivity index (χ2n) is 4.98. The van der Waals surface area contributed by atoms with Crippen LogP contribution < -0.4 is 0 Å². The van der Waals surface area contributed by atoms with Crippen LogP contribution in [0.2, 0.25) is 0 Å². The van der Waals surface area contributed by atoms with E-state index in [9.17, 15) is 19.8 Å². The SMILES string of the molecule is CC(C)C1(O)C(=O)OC(=O)C1c1ccccc1CO. The quantitative estimate of drug-likeness (QED) is 0.621. The normalized spacial score (nSPS) is 26.9. The Morgan fingerprint density at radius 3 is 2.53 bits per heavy atom. The van der Waals surface area contributed by atoms with Gasteiger partial charge in [-0.1, -0.05) is 38.1 Å². The molecule has 0 saturated carbocycles. The van der Waals surface area contributed by atoms with Crippen LogP contribution in [0.4, 0.5) is 0 Å². The summed E-state index contributed by atoms with van der Waals surface area (Å²) in [6.07, 6.45) is 0. The molecule has 0 aliphatic carbocycles. The molecule has 0 spiro atoms. The van der Waals surface area contributed by atoms with Gasteiger partial charge in [0, 0.05) is 0 Å². The van der Waals surface area contributed by atoms with E-state index in [4.69, 9.17) is 0 Å². The van der Waals surface area contributed by atoms with Crippen LogP contribution in [-0.4, -0.2) is 27.8 Å². The molecule has 2 rings (SSSR count). The fourth-order valence-corrected chi connectivity index (χ4v) is 2.42. The zero-order chi connectivity index (χ0) is 14.2. The Morgan fingerprint density at radius 2 is 1.95 bits per heavy atom. The van der Waals surface area contributed by atoms with E-state index >= 15 is 0 Å². The molecule has 1 aliphatic rings. The third-order valence-electron chi connectivity index (χ3n) is 3.61. The molecule has 1 aromatic carbocycles. The maximum Gasteiger partial charge on any atom is 0.347 e. The fraction of sp³-hybridized carbons (Fsp3) is 0.429. The minimum atomic E-state index is -1.89. The van der Waals surface area contributed by atoms with Gasteiger partial charge in [-0.3, -0.25) is 4.79 Å². The molecule has 2 unspecified atom stereocenters. The molecule has 2 atom stereocenters. The van der Waals surface area contributed by atoms with E-state index in [1.807, 2.05) is 0 Å². The number of hydrogen-bond donors (Lipinski definition) is 2. The fourth-order valence-electron chi connectivity index (χ4n) is 2.42. The Bertz CT molecular complexity index is 522. The van der Waals surface area contributed by atoms with Gasteiger partial charge >= 0.3 is 11.9 Å². The number of benzene rings is 1. The topological polar surface area (TPSA) is 83.8 Å². The minimum Gasteiger partial charge on any atom is -0.392 e. The lowest BCUT2D eigenvalue weighted by molar-refractivity contribution is -0.161. The summed E-state index contributed by atoms with van der Waals surface area (Å²) in [5.74, 6) is -3.28. The summed E-state index contributed by atoms with van der Waals surface area (Å²) >= 11 is 0. The second-order valence-corrected chi connectivity index (χ2v) is 4.98. The first kappa shape index (κ1) is 13.7. The number of carbonyl (C=O) groups is 2. The maximum absolute atomic E-state index is 11.9. The van der Waals surface area contributed by atoms with Crippen LogP contribution in [-0.2, 0) is 20.9 Å². The Balaban J connectivity index is 2.58. The van der Waals surface area contributed by atoms with E-state index in [0.717, 1.165) is 0 Å². The van der Waals surface area contributed by atoms with E-state index < -0.39 is 29.4 Å². The molecule has 5 nitrogen and oxygen atoms in total. The Kier molecular flexibility index (Phi) is 3.43. The standard InChI is InChI=1S/C14H16O5/c1-8(2)14(18)11(12(16)19-13(14)17)10-6-4-3-5-9(10)7-15/h3-6,8,11,15,18H,7H2,1-2H3. The number of carbonyl (C=O) groups excluding carboxylic acids is 2. The highest BCUT2D eigenvalue weighted by Crippen LogP contribution is 2.42. The van der Waals surface area contributed by atoms with Gasteiger partial charge in [0.15, 0.2) is 5.60 Å². The zero-order valence-electron chi connectivity index (χ0n) is 10.8. The first-order chi connectivity index (χ1) is 8.92. The van der Waals surface area contributed by atoms with Crippen LogP contribution in [0.5, 0.6) is 0 Å². The molecular formula is C14H16O5. The van der Waals surface area contributed by atoms with Crippen molar-refractivity contribution in [1.29, 1.82) is 0 Å². The first-order valence-electron chi connectivity index (χ1n) is 6.10. The van der Waals surface area contributed by atoms with Gasteiger partial charge in [-0.25, -0.2) is 4.79 Å². The lowest BCUT2D eigenvalue weighted by atomic mass is 9.75. The van der Waals surface area contributed by atoms with E-state index in [2.05, 4.69) is 4.74 Å². The summed E-state index contributed by atoms with van der Waals surface area (Å²) in [5.41, 5.74) is -0.960. The smallest absolute Gasteiger partial charge is 0.347 e. The highest BCUT2D eigenvalue weighted by molar-refractivity contribution is 6.04. The summed E-state index contributed by atoms with van der Waals surface area (Å²) < 4.78 is 4.60. The highest BCUT2D eigenvalue weighted by atomic mass is 16.6.